The highest BCUT2D eigenvalue weighted by atomic mass is 35.5. The van der Waals surface area contributed by atoms with Crippen molar-refractivity contribution in [2.45, 2.75) is 0 Å². The van der Waals surface area contributed by atoms with Gasteiger partial charge in [0.15, 0.2) is 0 Å². The summed E-state index contributed by atoms with van der Waals surface area (Å²) in [6.45, 7) is 0. The molecular weight excluding hydrogens is 252 g/mol. The molecule has 2 amide bonds. The Labute approximate surface area is 109 Å². The summed E-state index contributed by atoms with van der Waals surface area (Å²) in [5.74, 6) is -0.894. The topological polar surface area (TPSA) is 50.3 Å². The standard InChI is InChI=1S/C8H4ClNO2.C5H5N/c9-10-7(11)5-3-1-2-4-6(5)8(10)12;1-2-4-6-5-3-1/h1-4H;1-5H. The highest BCUT2D eigenvalue weighted by molar-refractivity contribution is 6.39. The molecule has 0 saturated carbocycles. The second-order valence-electron chi connectivity index (χ2n) is 3.46. The maximum absolute atomic E-state index is 11.2. The first-order valence-corrected chi connectivity index (χ1v) is 5.54. The summed E-state index contributed by atoms with van der Waals surface area (Å²) >= 11 is 5.41. The van der Waals surface area contributed by atoms with Gasteiger partial charge in [-0.15, -0.1) is 0 Å². The number of amides is 2. The lowest BCUT2D eigenvalue weighted by Crippen LogP contribution is -2.18. The second kappa shape index (κ2) is 5.42. The molecule has 4 nitrogen and oxygen atoms in total. The molecule has 2 heterocycles. The Morgan fingerprint density at radius 1 is 0.833 bits per heavy atom. The van der Waals surface area contributed by atoms with Crippen molar-refractivity contribution in [2.75, 3.05) is 0 Å². The number of rotatable bonds is 0. The van der Waals surface area contributed by atoms with Crippen LogP contribution >= 0.6 is 11.8 Å². The van der Waals surface area contributed by atoms with Crippen LogP contribution in [0.4, 0.5) is 0 Å². The maximum atomic E-state index is 11.2. The van der Waals surface area contributed by atoms with Gasteiger partial charge in [0.05, 0.1) is 11.1 Å². The van der Waals surface area contributed by atoms with Crippen molar-refractivity contribution in [3.63, 3.8) is 0 Å². The summed E-state index contributed by atoms with van der Waals surface area (Å²) in [5, 5.41) is 0. The van der Waals surface area contributed by atoms with E-state index in [4.69, 9.17) is 11.8 Å². The molecule has 3 rings (SSSR count). The van der Waals surface area contributed by atoms with E-state index in [-0.39, 0.29) is 0 Å². The van der Waals surface area contributed by atoms with Crippen molar-refractivity contribution in [1.82, 2.24) is 9.40 Å². The van der Waals surface area contributed by atoms with Gasteiger partial charge in [-0.05, 0) is 24.3 Å². The molecule has 1 aromatic carbocycles. The van der Waals surface area contributed by atoms with Crippen LogP contribution in [0, 0.1) is 0 Å². The van der Waals surface area contributed by atoms with E-state index in [0.29, 0.717) is 15.5 Å². The van der Waals surface area contributed by atoms with E-state index in [0.717, 1.165) is 0 Å². The predicted octanol–water partition coefficient (Wildman–Crippen LogP) is 2.52. The number of carbonyl (C=O) groups excluding carboxylic acids is 2. The number of fused-ring (bicyclic) bond motifs is 1. The van der Waals surface area contributed by atoms with Crippen molar-refractivity contribution in [3.8, 4) is 0 Å². The first-order chi connectivity index (χ1) is 8.72. The van der Waals surface area contributed by atoms with Crippen molar-refractivity contribution >= 4 is 23.6 Å². The molecule has 0 spiro atoms. The fourth-order valence-electron chi connectivity index (χ4n) is 1.47. The van der Waals surface area contributed by atoms with Crippen molar-refractivity contribution in [1.29, 1.82) is 0 Å². The minimum Gasteiger partial charge on any atom is -0.267 e. The number of nitrogens with zero attached hydrogens (tertiary/aromatic N) is 2. The van der Waals surface area contributed by atoms with Crippen LogP contribution in [0.5, 0.6) is 0 Å². The first-order valence-electron chi connectivity index (χ1n) is 5.20. The number of hydrogen-bond acceptors (Lipinski definition) is 3. The molecule has 0 atom stereocenters. The van der Waals surface area contributed by atoms with Gasteiger partial charge < -0.3 is 0 Å². The zero-order chi connectivity index (χ0) is 13.0. The lowest BCUT2D eigenvalue weighted by molar-refractivity contribution is 0.0767. The van der Waals surface area contributed by atoms with Crippen LogP contribution in [0.3, 0.4) is 0 Å². The lowest BCUT2D eigenvalue weighted by atomic mass is 10.1. The van der Waals surface area contributed by atoms with Crippen LogP contribution in [-0.2, 0) is 0 Å². The van der Waals surface area contributed by atoms with E-state index in [1.54, 1.807) is 36.7 Å². The van der Waals surface area contributed by atoms with Crippen molar-refractivity contribution < 1.29 is 9.59 Å². The van der Waals surface area contributed by atoms with E-state index in [2.05, 4.69) is 4.98 Å². The average molecular weight is 261 g/mol. The fourth-order valence-corrected chi connectivity index (χ4v) is 1.65. The summed E-state index contributed by atoms with van der Waals surface area (Å²) in [7, 11) is 0. The van der Waals surface area contributed by atoms with Crippen molar-refractivity contribution in [2.24, 2.45) is 0 Å². The largest absolute Gasteiger partial charge is 0.276 e. The van der Waals surface area contributed by atoms with Crippen LogP contribution in [0.1, 0.15) is 20.7 Å². The number of pyridine rings is 1. The number of benzene rings is 1. The summed E-state index contributed by atoms with van der Waals surface area (Å²) in [6, 6.07) is 12.3. The molecule has 0 unspecified atom stereocenters. The van der Waals surface area contributed by atoms with E-state index < -0.39 is 11.8 Å². The molecule has 5 heteroatoms. The quantitative estimate of drug-likeness (QED) is 0.540. The van der Waals surface area contributed by atoms with Gasteiger partial charge in [-0.1, -0.05) is 18.2 Å². The molecule has 1 aromatic heterocycles. The summed E-state index contributed by atoms with van der Waals surface area (Å²) in [5.41, 5.74) is 0.745. The molecule has 18 heavy (non-hydrogen) atoms. The summed E-state index contributed by atoms with van der Waals surface area (Å²) in [6.07, 6.45) is 3.50. The molecule has 1 aliphatic heterocycles. The van der Waals surface area contributed by atoms with Gasteiger partial charge in [-0.25, -0.2) is 0 Å². The maximum Gasteiger partial charge on any atom is 0.276 e. The molecule has 0 radical (unpaired) electrons. The van der Waals surface area contributed by atoms with Crippen LogP contribution in [0.2, 0.25) is 0 Å². The third kappa shape index (κ3) is 2.38. The average Bonchev–Trinajstić information content (AvgIpc) is 2.67. The highest BCUT2D eigenvalue weighted by Crippen LogP contribution is 2.23. The van der Waals surface area contributed by atoms with Crippen LogP contribution in [-0.4, -0.2) is 21.2 Å². The smallest absolute Gasteiger partial charge is 0.267 e. The monoisotopic (exact) mass is 260 g/mol. The van der Waals surface area contributed by atoms with Gasteiger partial charge in [0.2, 0.25) is 0 Å². The zero-order valence-electron chi connectivity index (χ0n) is 9.29. The minimum absolute atomic E-state index is 0.373. The minimum atomic E-state index is -0.447. The summed E-state index contributed by atoms with van der Waals surface area (Å²) in [4.78, 5) is 26.1. The second-order valence-corrected chi connectivity index (χ2v) is 3.80. The van der Waals surface area contributed by atoms with E-state index in [1.807, 2.05) is 18.2 Å². The Kier molecular flexibility index (Phi) is 3.69. The van der Waals surface area contributed by atoms with Crippen LogP contribution in [0.25, 0.3) is 0 Å². The van der Waals surface area contributed by atoms with Gasteiger partial charge in [-0.2, -0.15) is 4.42 Å². The zero-order valence-corrected chi connectivity index (χ0v) is 10.0. The lowest BCUT2D eigenvalue weighted by Gasteiger charge is -1.97. The normalized spacial score (nSPS) is 12.8. The molecule has 0 saturated heterocycles. The molecular formula is C13H9ClN2O2. The molecule has 0 bridgehead atoms. The van der Waals surface area contributed by atoms with Gasteiger partial charge >= 0.3 is 0 Å². The predicted molar refractivity (Wildman–Crippen MR) is 67.0 cm³/mol. The first kappa shape index (κ1) is 12.3. The highest BCUT2D eigenvalue weighted by Gasteiger charge is 2.33. The molecule has 0 aliphatic carbocycles. The SMILES string of the molecule is O=C1c2ccccc2C(=O)N1Cl.c1ccncc1. The Morgan fingerprint density at radius 3 is 1.67 bits per heavy atom. The molecule has 0 fully saturated rings. The number of carbonyl (C=O) groups is 2. The molecule has 0 N–H and O–H groups in total. The summed E-state index contributed by atoms with van der Waals surface area (Å²) < 4.78 is 0.602. The van der Waals surface area contributed by atoms with Gasteiger partial charge in [0.25, 0.3) is 11.8 Å². The Balaban J connectivity index is 0.000000169. The Bertz CT molecular complexity index is 511. The number of aromatic nitrogens is 1. The molecule has 2 aromatic rings. The van der Waals surface area contributed by atoms with E-state index >= 15 is 0 Å². The Morgan fingerprint density at radius 2 is 1.33 bits per heavy atom. The van der Waals surface area contributed by atoms with Crippen molar-refractivity contribution in [3.05, 3.63) is 66.0 Å². The van der Waals surface area contributed by atoms with Gasteiger partial charge in [0.1, 0.15) is 0 Å². The third-order valence-corrected chi connectivity index (χ3v) is 2.62. The molecule has 90 valence electrons. The third-order valence-electron chi connectivity index (χ3n) is 2.31. The Hall–Kier alpha value is -2.20. The van der Waals surface area contributed by atoms with Gasteiger partial charge in [0, 0.05) is 24.2 Å². The number of imide groups is 1. The van der Waals surface area contributed by atoms with Crippen LogP contribution < -0.4 is 0 Å². The number of hydrogen-bond donors (Lipinski definition) is 0. The van der Waals surface area contributed by atoms with Gasteiger partial charge in [-0.3, -0.25) is 14.6 Å². The van der Waals surface area contributed by atoms with Crippen LogP contribution in [0.15, 0.2) is 54.9 Å². The fraction of sp³-hybridized carbons (Fsp3) is 0. The molecule has 1 aliphatic rings. The van der Waals surface area contributed by atoms with E-state index in [1.165, 1.54) is 0 Å². The van der Waals surface area contributed by atoms with E-state index in [9.17, 15) is 9.59 Å². The number of halogens is 1.